The van der Waals surface area contributed by atoms with Crippen LogP contribution >= 0.6 is 0 Å². The molecule has 2 aromatic carbocycles. The Morgan fingerprint density at radius 3 is 2.20 bits per heavy atom. The molecule has 1 unspecified atom stereocenters. The summed E-state index contributed by atoms with van der Waals surface area (Å²) < 4.78 is 5.78. The molecule has 1 aliphatic rings. The second-order valence-corrected chi connectivity index (χ2v) is 5.24. The Kier molecular flexibility index (Phi) is 4.14. The maximum absolute atomic E-state index is 5.78. The number of hydrogen-bond donors (Lipinski definition) is 1. The first kappa shape index (κ1) is 13.3. The minimum atomic E-state index is 0.195. The number of nitrogens with one attached hydrogen (secondary N) is 1. The van der Waals surface area contributed by atoms with Gasteiger partial charge in [-0.05, 0) is 28.7 Å². The Morgan fingerprint density at radius 1 is 1.00 bits per heavy atom. The van der Waals surface area contributed by atoms with Crippen LogP contribution in [-0.4, -0.2) is 19.7 Å². The molecule has 0 aromatic heterocycles. The molecular weight excluding hydrogens is 246 g/mol. The van der Waals surface area contributed by atoms with Gasteiger partial charge in [-0.15, -0.1) is 0 Å². The minimum Gasteiger partial charge on any atom is -0.371 e. The summed E-state index contributed by atoms with van der Waals surface area (Å²) >= 11 is 0. The summed E-state index contributed by atoms with van der Waals surface area (Å²) in [6, 6.07) is 17.6. The standard InChI is InChI=1S/C18H21NO/c1-2-14-3-5-15(6-4-14)16-7-9-17(10-8-16)18-13-19-11-12-20-18/h3-10,18-19H,2,11-13H2,1H3. The lowest BCUT2D eigenvalue weighted by Crippen LogP contribution is -2.33. The van der Waals surface area contributed by atoms with Gasteiger partial charge in [-0.25, -0.2) is 0 Å². The van der Waals surface area contributed by atoms with E-state index >= 15 is 0 Å². The highest BCUT2D eigenvalue weighted by Crippen LogP contribution is 2.24. The highest BCUT2D eigenvalue weighted by Gasteiger charge is 2.15. The Bertz CT molecular complexity index is 539. The van der Waals surface area contributed by atoms with Crippen LogP contribution in [0.4, 0.5) is 0 Å². The van der Waals surface area contributed by atoms with Crippen molar-refractivity contribution in [1.82, 2.24) is 5.32 Å². The molecule has 2 heteroatoms. The molecule has 3 rings (SSSR count). The van der Waals surface area contributed by atoms with Gasteiger partial charge in [0.25, 0.3) is 0 Å². The van der Waals surface area contributed by atoms with Crippen LogP contribution in [0.3, 0.4) is 0 Å². The molecule has 0 radical (unpaired) electrons. The third kappa shape index (κ3) is 2.92. The van der Waals surface area contributed by atoms with E-state index in [4.69, 9.17) is 4.74 Å². The van der Waals surface area contributed by atoms with E-state index < -0.39 is 0 Å². The lowest BCUT2D eigenvalue weighted by Gasteiger charge is -2.24. The van der Waals surface area contributed by atoms with E-state index in [1.165, 1.54) is 22.3 Å². The molecule has 0 saturated carbocycles. The van der Waals surface area contributed by atoms with Crippen LogP contribution in [0.2, 0.25) is 0 Å². The highest BCUT2D eigenvalue weighted by molar-refractivity contribution is 5.64. The Balaban J connectivity index is 1.77. The maximum atomic E-state index is 5.78. The summed E-state index contributed by atoms with van der Waals surface area (Å²) in [5.41, 5.74) is 5.18. The number of ether oxygens (including phenoxy) is 1. The lowest BCUT2D eigenvalue weighted by atomic mass is 10.00. The quantitative estimate of drug-likeness (QED) is 0.918. The molecule has 1 N–H and O–H groups in total. The molecule has 0 aliphatic carbocycles. The van der Waals surface area contributed by atoms with Crippen molar-refractivity contribution in [1.29, 1.82) is 0 Å². The third-order valence-corrected chi connectivity index (χ3v) is 3.91. The van der Waals surface area contributed by atoms with Gasteiger partial charge in [-0.3, -0.25) is 0 Å². The van der Waals surface area contributed by atoms with E-state index in [1.807, 2.05) is 0 Å². The van der Waals surface area contributed by atoms with Gasteiger partial charge in [0.1, 0.15) is 0 Å². The average Bonchev–Trinajstić information content (AvgIpc) is 2.56. The Morgan fingerprint density at radius 2 is 1.65 bits per heavy atom. The predicted octanol–water partition coefficient (Wildman–Crippen LogP) is 3.58. The van der Waals surface area contributed by atoms with Gasteiger partial charge < -0.3 is 10.1 Å². The molecule has 2 nitrogen and oxygen atoms in total. The molecule has 2 aromatic rings. The predicted molar refractivity (Wildman–Crippen MR) is 82.8 cm³/mol. The molecule has 1 aliphatic heterocycles. The summed E-state index contributed by atoms with van der Waals surface area (Å²) in [5.74, 6) is 0. The summed E-state index contributed by atoms with van der Waals surface area (Å²) in [6.45, 7) is 4.84. The molecular formula is C18H21NO. The van der Waals surface area contributed by atoms with Crippen LogP contribution < -0.4 is 5.32 Å². The van der Waals surface area contributed by atoms with Gasteiger partial charge in [0.2, 0.25) is 0 Å². The molecule has 20 heavy (non-hydrogen) atoms. The first-order chi connectivity index (χ1) is 9.86. The van der Waals surface area contributed by atoms with E-state index in [9.17, 15) is 0 Å². The fourth-order valence-corrected chi connectivity index (χ4v) is 2.60. The smallest absolute Gasteiger partial charge is 0.0949 e. The van der Waals surface area contributed by atoms with E-state index in [0.717, 1.165) is 26.1 Å². The zero-order valence-corrected chi connectivity index (χ0v) is 11.9. The van der Waals surface area contributed by atoms with Crippen molar-refractivity contribution < 1.29 is 4.74 Å². The van der Waals surface area contributed by atoms with Gasteiger partial charge in [0.05, 0.1) is 12.7 Å². The number of aryl methyl sites for hydroxylation is 1. The van der Waals surface area contributed by atoms with Gasteiger partial charge in [-0.1, -0.05) is 55.5 Å². The normalized spacial score (nSPS) is 18.9. The van der Waals surface area contributed by atoms with Crippen LogP contribution in [-0.2, 0) is 11.2 Å². The van der Waals surface area contributed by atoms with Crippen molar-refractivity contribution in [2.75, 3.05) is 19.7 Å². The highest BCUT2D eigenvalue weighted by atomic mass is 16.5. The van der Waals surface area contributed by atoms with Gasteiger partial charge in [0, 0.05) is 13.1 Å². The molecule has 104 valence electrons. The van der Waals surface area contributed by atoms with Crippen LogP contribution in [0, 0.1) is 0 Å². The first-order valence-electron chi connectivity index (χ1n) is 7.38. The molecule has 0 bridgehead atoms. The number of hydrogen-bond acceptors (Lipinski definition) is 2. The number of rotatable bonds is 3. The van der Waals surface area contributed by atoms with Crippen molar-refractivity contribution in [3.63, 3.8) is 0 Å². The molecule has 0 amide bonds. The van der Waals surface area contributed by atoms with Crippen LogP contribution in [0.25, 0.3) is 11.1 Å². The molecule has 0 spiro atoms. The van der Waals surface area contributed by atoms with E-state index in [2.05, 4.69) is 60.8 Å². The topological polar surface area (TPSA) is 21.3 Å². The third-order valence-electron chi connectivity index (χ3n) is 3.91. The molecule has 1 fully saturated rings. The zero-order valence-electron chi connectivity index (χ0n) is 11.9. The van der Waals surface area contributed by atoms with Gasteiger partial charge in [0.15, 0.2) is 0 Å². The van der Waals surface area contributed by atoms with Gasteiger partial charge >= 0.3 is 0 Å². The van der Waals surface area contributed by atoms with Crippen LogP contribution in [0.1, 0.15) is 24.2 Å². The summed E-state index contributed by atoms with van der Waals surface area (Å²) in [4.78, 5) is 0. The van der Waals surface area contributed by atoms with Crippen molar-refractivity contribution in [2.45, 2.75) is 19.4 Å². The summed E-state index contributed by atoms with van der Waals surface area (Å²) in [6.07, 6.45) is 1.28. The SMILES string of the molecule is CCc1ccc(-c2ccc(C3CNCCO3)cc2)cc1. The van der Waals surface area contributed by atoms with Gasteiger partial charge in [-0.2, -0.15) is 0 Å². The molecule has 1 atom stereocenters. The van der Waals surface area contributed by atoms with E-state index in [1.54, 1.807) is 0 Å². The maximum Gasteiger partial charge on any atom is 0.0949 e. The average molecular weight is 267 g/mol. The molecule has 1 heterocycles. The monoisotopic (exact) mass is 267 g/mol. The number of morpholine rings is 1. The first-order valence-corrected chi connectivity index (χ1v) is 7.38. The zero-order chi connectivity index (χ0) is 13.8. The lowest BCUT2D eigenvalue weighted by molar-refractivity contribution is 0.0277. The second kappa shape index (κ2) is 6.21. The van der Waals surface area contributed by atoms with E-state index in [0.29, 0.717) is 0 Å². The fourth-order valence-electron chi connectivity index (χ4n) is 2.60. The van der Waals surface area contributed by atoms with Crippen LogP contribution in [0.15, 0.2) is 48.5 Å². The fraction of sp³-hybridized carbons (Fsp3) is 0.333. The summed E-state index contributed by atoms with van der Waals surface area (Å²) in [5, 5.41) is 3.37. The largest absolute Gasteiger partial charge is 0.371 e. The van der Waals surface area contributed by atoms with Crippen molar-refractivity contribution in [3.8, 4) is 11.1 Å². The van der Waals surface area contributed by atoms with Crippen LogP contribution in [0.5, 0.6) is 0 Å². The number of benzene rings is 2. The second-order valence-electron chi connectivity index (χ2n) is 5.24. The Labute approximate surface area is 120 Å². The van der Waals surface area contributed by atoms with Crippen molar-refractivity contribution >= 4 is 0 Å². The van der Waals surface area contributed by atoms with Crippen molar-refractivity contribution in [3.05, 3.63) is 59.7 Å². The van der Waals surface area contributed by atoms with E-state index in [-0.39, 0.29) is 6.10 Å². The molecule has 1 saturated heterocycles. The van der Waals surface area contributed by atoms with Crippen molar-refractivity contribution in [2.24, 2.45) is 0 Å². The minimum absolute atomic E-state index is 0.195. The summed E-state index contributed by atoms with van der Waals surface area (Å²) in [7, 11) is 0. The Hall–Kier alpha value is -1.64.